The molecule has 4 aromatic rings. The smallest absolute Gasteiger partial charge is 0.142 e. The maximum absolute atomic E-state index is 4.52. The Bertz CT molecular complexity index is 942. The van der Waals surface area contributed by atoms with E-state index in [9.17, 15) is 0 Å². The van der Waals surface area contributed by atoms with Crippen molar-refractivity contribution >= 4 is 33.3 Å². The lowest BCUT2D eigenvalue weighted by atomic mass is 10.2. The van der Waals surface area contributed by atoms with Crippen LogP contribution in [0.25, 0.3) is 21.8 Å². The first kappa shape index (κ1) is 11.8. The molecule has 2 aromatic carbocycles. The normalized spacial score (nSPS) is 11.1. The number of hydrogen-bond donors (Lipinski definition) is 2. The summed E-state index contributed by atoms with van der Waals surface area (Å²) in [5.74, 6) is 1.57. The Kier molecular flexibility index (Phi) is 2.57. The van der Waals surface area contributed by atoms with Gasteiger partial charge >= 0.3 is 0 Å². The van der Waals surface area contributed by atoms with Crippen LogP contribution >= 0.6 is 0 Å². The minimum atomic E-state index is 0.751. The summed E-state index contributed by atoms with van der Waals surface area (Å²) in [6.45, 7) is 1.90. The highest BCUT2D eigenvalue weighted by Gasteiger charge is 2.06. The van der Waals surface area contributed by atoms with Crippen LogP contribution < -0.4 is 5.32 Å². The van der Waals surface area contributed by atoms with Crippen LogP contribution in [-0.4, -0.2) is 20.2 Å². The molecule has 0 spiro atoms. The topological polar surface area (TPSA) is 66.5 Å². The zero-order valence-corrected chi connectivity index (χ0v) is 11.5. The van der Waals surface area contributed by atoms with Gasteiger partial charge in [0.1, 0.15) is 11.6 Å². The van der Waals surface area contributed by atoms with Crippen LogP contribution in [0.2, 0.25) is 0 Å². The monoisotopic (exact) mass is 275 g/mol. The average molecular weight is 275 g/mol. The van der Waals surface area contributed by atoms with Crippen LogP contribution in [0, 0.1) is 6.92 Å². The fourth-order valence-corrected chi connectivity index (χ4v) is 2.45. The first-order chi connectivity index (χ1) is 10.3. The van der Waals surface area contributed by atoms with Crippen molar-refractivity contribution in [2.45, 2.75) is 6.92 Å². The molecule has 0 saturated carbocycles. The Morgan fingerprint density at radius 3 is 2.90 bits per heavy atom. The molecule has 2 heterocycles. The van der Waals surface area contributed by atoms with Crippen molar-refractivity contribution < 1.29 is 0 Å². The molecule has 0 aliphatic carbocycles. The van der Waals surface area contributed by atoms with E-state index in [1.54, 1.807) is 0 Å². The molecule has 0 amide bonds. The van der Waals surface area contributed by atoms with Crippen molar-refractivity contribution in [3.8, 4) is 0 Å². The van der Waals surface area contributed by atoms with Gasteiger partial charge in [-0.1, -0.05) is 12.1 Å². The van der Waals surface area contributed by atoms with Gasteiger partial charge in [0.2, 0.25) is 0 Å². The highest BCUT2D eigenvalue weighted by molar-refractivity contribution is 5.92. The lowest BCUT2D eigenvalue weighted by Gasteiger charge is -2.09. The van der Waals surface area contributed by atoms with E-state index in [1.165, 1.54) is 0 Å². The number of para-hydroxylation sites is 1. The maximum atomic E-state index is 4.52. The van der Waals surface area contributed by atoms with Crippen LogP contribution in [0.3, 0.4) is 0 Å². The second kappa shape index (κ2) is 4.56. The maximum Gasteiger partial charge on any atom is 0.142 e. The molecule has 0 aliphatic rings. The molecule has 21 heavy (non-hydrogen) atoms. The first-order valence-electron chi connectivity index (χ1n) is 6.73. The molecule has 0 atom stereocenters. The SMILES string of the molecule is Cc1nc(Nc2ccc3[nH]ncc3c2)c2ccccc2n1. The number of aromatic nitrogens is 4. The number of nitrogens with one attached hydrogen (secondary N) is 2. The Hall–Kier alpha value is -2.95. The third-order valence-corrected chi connectivity index (χ3v) is 3.42. The third-order valence-electron chi connectivity index (χ3n) is 3.42. The first-order valence-corrected chi connectivity index (χ1v) is 6.73. The van der Waals surface area contributed by atoms with Crippen LogP contribution in [0.5, 0.6) is 0 Å². The van der Waals surface area contributed by atoms with Crippen molar-refractivity contribution in [1.82, 2.24) is 20.2 Å². The molecular weight excluding hydrogens is 262 g/mol. The van der Waals surface area contributed by atoms with Gasteiger partial charge in [0.25, 0.3) is 0 Å². The number of anilines is 2. The molecule has 102 valence electrons. The quantitative estimate of drug-likeness (QED) is 0.587. The van der Waals surface area contributed by atoms with Crippen LogP contribution in [0.1, 0.15) is 5.82 Å². The van der Waals surface area contributed by atoms with Gasteiger partial charge in [0.05, 0.1) is 17.2 Å². The van der Waals surface area contributed by atoms with E-state index in [0.717, 1.165) is 39.1 Å². The number of hydrogen-bond acceptors (Lipinski definition) is 4. The van der Waals surface area contributed by atoms with Crippen molar-refractivity contribution in [2.75, 3.05) is 5.32 Å². The van der Waals surface area contributed by atoms with Crippen molar-refractivity contribution in [3.05, 3.63) is 54.5 Å². The summed E-state index contributed by atoms with van der Waals surface area (Å²) in [6.07, 6.45) is 1.81. The summed E-state index contributed by atoms with van der Waals surface area (Å²) in [7, 11) is 0. The molecule has 0 aliphatic heterocycles. The minimum absolute atomic E-state index is 0.751. The molecule has 0 saturated heterocycles. The van der Waals surface area contributed by atoms with Gasteiger partial charge in [-0.2, -0.15) is 5.10 Å². The minimum Gasteiger partial charge on any atom is -0.340 e. The lowest BCUT2D eigenvalue weighted by molar-refractivity contribution is 1.09. The number of fused-ring (bicyclic) bond motifs is 2. The van der Waals surface area contributed by atoms with Gasteiger partial charge in [-0.15, -0.1) is 0 Å². The highest BCUT2D eigenvalue weighted by atomic mass is 15.1. The highest BCUT2D eigenvalue weighted by Crippen LogP contribution is 2.25. The second-order valence-corrected chi connectivity index (χ2v) is 4.93. The lowest BCUT2D eigenvalue weighted by Crippen LogP contribution is -1.98. The largest absolute Gasteiger partial charge is 0.340 e. The summed E-state index contributed by atoms with van der Waals surface area (Å²) in [4.78, 5) is 8.97. The number of benzene rings is 2. The summed E-state index contributed by atoms with van der Waals surface area (Å²) in [5.41, 5.74) is 2.94. The standard InChI is InChI=1S/C16H13N5/c1-10-18-15-5-3-2-4-13(15)16(19-10)20-12-6-7-14-11(8-12)9-17-21-14/h2-9H,1H3,(H,17,21)(H,18,19,20). The summed E-state index contributed by atoms with van der Waals surface area (Å²) in [5, 5.41) is 12.4. The fourth-order valence-electron chi connectivity index (χ4n) is 2.45. The van der Waals surface area contributed by atoms with Gasteiger partial charge in [0, 0.05) is 16.5 Å². The molecular formula is C16H13N5. The molecule has 0 unspecified atom stereocenters. The van der Waals surface area contributed by atoms with Gasteiger partial charge in [-0.05, 0) is 37.3 Å². The van der Waals surface area contributed by atoms with Gasteiger partial charge in [-0.3, -0.25) is 5.10 Å². The Morgan fingerprint density at radius 2 is 1.95 bits per heavy atom. The number of nitrogens with zero attached hydrogens (tertiary/aromatic N) is 3. The molecule has 5 heteroatoms. The van der Waals surface area contributed by atoms with Gasteiger partial charge in [-0.25, -0.2) is 9.97 Å². The molecule has 0 fully saturated rings. The number of aromatic amines is 1. The molecule has 0 radical (unpaired) electrons. The zero-order valence-electron chi connectivity index (χ0n) is 11.5. The Labute approximate surface area is 121 Å². The predicted molar refractivity (Wildman–Crippen MR) is 83.7 cm³/mol. The molecule has 2 N–H and O–H groups in total. The van der Waals surface area contributed by atoms with Crippen molar-refractivity contribution in [2.24, 2.45) is 0 Å². The van der Waals surface area contributed by atoms with E-state index in [0.29, 0.717) is 0 Å². The van der Waals surface area contributed by atoms with E-state index in [-0.39, 0.29) is 0 Å². The zero-order chi connectivity index (χ0) is 14.2. The second-order valence-electron chi connectivity index (χ2n) is 4.93. The fraction of sp³-hybridized carbons (Fsp3) is 0.0625. The van der Waals surface area contributed by atoms with E-state index >= 15 is 0 Å². The van der Waals surface area contributed by atoms with E-state index in [1.807, 2.05) is 55.6 Å². The molecule has 2 aromatic heterocycles. The summed E-state index contributed by atoms with van der Waals surface area (Å²) in [6, 6.07) is 14.0. The molecule has 5 nitrogen and oxygen atoms in total. The number of aryl methyl sites for hydroxylation is 1. The summed E-state index contributed by atoms with van der Waals surface area (Å²) >= 11 is 0. The Morgan fingerprint density at radius 1 is 1.05 bits per heavy atom. The number of rotatable bonds is 2. The summed E-state index contributed by atoms with van der Waals surface area (Å²) < 4.78 is 0. The van der Waals surface area contributed by atoms with Crippen LogP contribution in [0.4, 0.5) is 11.5 Å². The predicted octanol–water partition coefficient (Wildman–Crippen LogP) is 3.56. The Balaban J connectivity index is 1.82. The van der Waals surface area contributed by atoms with Gasteiger partial charge < -0.3 is 5.32 Å². The van der Waals surface area contributed by atoms with E-state index in [4.69, 9.17) is 0 Å². The van der Waals surface area contributed by atoms with E-state index in [2.05, 4.69) is 25.5 Å². The van der Waals surface area contributed by atoms with E-state index < -0.39 is 0 Å². The number of H-pyrrole nitrogens is 1. The van der Waals surface area contributed by atoms with Crippen molar-refractivity contribution in [3.63, 3.8) is 0 Å². The third kappa shape index (κ3) is 2.08. The van der Waals surface area contributed by atoms with Gasteiger partial charge in [0.15, 0.2) is 0 Å². The molecule has 4 rings (SSSR count). The molecule has 0 bridgehead atoms. The average Bonchev–Trinajstić information content (AvgIpc) is 2.94. The van der Waals surface area contributed by atoms with Crippen LogP contribution in [0.15, 0.2) is 48.7 Å². The van der Waals surface area contributed by atoms with Crippen LogP contribution in [-0.2, 0) is 0 Å². The van der Waals surface area contributed by atoms with Crippen molar-refractivity contribution in [1.29, 1.82) is 0 Å².